The third kappa shape index (κ3) is 5.86. The number of hydrogen-bond donors (Lipinski definition) is 1. The van der Waals surface area contributed by atoms with Crippen LogP contribution in [0.2, 0.25) is 0 Å². The van der Waals surface area contributed by atoms with Gasteiger partial charge in [0, 0.05) is 35.2 Å². The summed E-state index contributed by atoms with van der Waals surface area (Å²) in [6.07, 6.45) is 2.20. The molecule has 1 aliphatic rings. The Balaban J connectivity index is 0.00000169. The summed E-state index contributed by atoms with van der Waals surface area (Å²) in [7, 11) is 1.97. The summed E-state index contributed by atoms with van der Waals surface area (Å²) in [5.41, 5.74) is 1.89. The fraction of sp³-hybridized carbons (Fsp3) is 0.444. The molecule has 26 heavy (non-hydrogen) atoms. The number of benzene rings is 1. The van der Waals surface area contributed by atoms with Crippen LogP contribution in [0.4, 0.5) is 0 Å². The molecule has 1 aromatic carbocycles. The summed E-state index contributed by atoms with van der Waals surface area (Å²) >= 11 is 3.36. The molecule has 8 heteroatoms. The zero-order valence-corrected chi connectivity index (χ0v) is 18.2. The number of hydrogen-bond acceptors (Lipinski definition) is 5. The minimum Gasteiger partial charge on any atom is -0.337 e. The molecule has 1 fully saturated rings. The Morgan fingerprint density at radius 1 is 1.38 bits per heavy atom. The predicted octanol–water partition coefficient (Wildman–Crippen LogP) is 4.41. The molecule has 0 radical (unpaired) electrons. The van der Waals surface area contributed by atoms with Crippen molar-refractivity contribution in [3.8, 4) is 0 Å². The van der Waals surface area contributed by atoms with Crippen LogP contribution in [0.15, 0.2) is 34.5 Å². The average Bonchev–Trinajstić information content (AvgIpc) is 3.05. The van der Waals surface area contributed by atoms with E-state index in [9.17, 15) is 4.79 Å². The van der Waals surface area contributed by atoms with Crippen LogP contribution in [0.25, 0.3) is 0 Å². The van der Waals surface area contributed by atoms with E-state index >= 15 is 0 Å². The molecule has 1 amide bonds. The minimum absolute atomic E-state index is 0. The fourth-order valence-corrected chi connectivity index (χ4v) is 4.62. The molecule has 3 rings (SSSR count). The molecule has 1 unspecified atom stereocenters. The van der Waals surface area contributed by atoms with Crippen LogP contribution < -0.4 is 5.32 Å². The maximum absolute atomic E-state index is 13.0. The molecule has 1 N–H and O–H groups in total. The first kappa shape index (κ1) is 23.2. The first-order chi connectivity index (χ1) is 11.7. The van der Waals surface area contributed by atoms with E-state index in [2.05, 4.69) is 15.7 Å². The van der Waals surface area contributed by atoms with Gasteiger partial charge in [0.25, 0.3) is 5.91 Å². The van der Waals surface area contributed by atoms with Gasteiger partial charge in [0.2, 0.25) is 0 Å². The van der Waals surface area contributed by atoms with Crippen LogP contribution >= 0.6 is 47.9 Å². The van der Waals surface area contributed by atoms with E-state index in [0.29, 0.717) is 6.04 Å². The molecule has 1 aromatic heterocycles. The number of rotatable bonds is 5. The predicted molar refractivity (Wildman–Crippen MR) is 115 cm³/mol. The largest absolute Gasteiger partial charge is 0.337 e. The number of likely N-dealkylation sites (tertiary alicyclic amines) is 1. The lowest BCUT2D eigenvalue weighted by Crippen LogP contribution is -2.47. The lowest BCUT2D eigenvalue weighted by atomic mass is 10.0. The first-order valence-electron chi connectivity index (χ1n) is 8.26. The maximum atomic E-state index is 13.0. The van der Waals surface area contributed by atoms with Crippen molar-refractivity contribution in [2.45, 2.75) is 36.5 Å². The van der Waals surface area contributed by atoms with Gasteiger partial charge in [-0.3, -0.25) is 4.79 Å². The van der Waals surface area contributed by atoms with Crippen molar-refractivity contribution >= 4 is 53.8 Å². The van der Waals surface area contributed by atoms with Crippen molar-refractivity contribution in [3.05, 3.63) is 45.9 Å². The average molecular weight is 434 g/mol. The smallest absolute Gasteiger partial charge is 0.255 e. The molecule has 2 aromatic rings. The monoisotopic (exact) mass is 433 g/mol. The molecule has 0 saturated carbocycles. The Kier molecular flexibility index (Phi) is 9.97. The van der Waals surface area contributed by atoms with Gasteiger partial charge in [-0.1, -0.05) is 12.1 Å². The second-order valence-corrected chi connectivity index (χ2v) is 8.10. The van der Waals surface area contributed by atoms with Crippen molar-refractivity contribution in [1.29, 1.82) is 0 Å². The topological polar surface area (TPSA) is 45.2 Å². The zero-order chi connectivity index (χ0) is 16.9. The lowest BCUT2D eigenvalue weighted by molar-refractivity contribution is 0.0694. The van der Waals surface area contributed by atoms with Crippen LogP contribution in [-0.2, 0) is 5.75 Å². The molecule has 1 atom stereocenters. The quantitative estimate of drug-likeness (QED) is 0.708. The van der Waals surface area contributed by atoms with Crippen molar-refractivity contribution < 1.29 is 4.79 Å². The first-order valence-corrected chi connectivity index (χ1v) is 10.1. The van der Waals surface area contributed by atoms with Crippen LogP contribution in [0, 0.1) is 6.92 Å². The minimum atomic E-state index is 0. The Labute approximate surface area is 176 Å². The number of thiazole rings is 1. The summed E-state index contributed by atoms with van der Waals surface area (Å²) < 4.78 is 0. The van der Waals surface area contributed by atoms with Crippen molar-refractivity contribution in [2.24, 2.45) is 0 Å². The lowest BCUT2D eigenvalue weighted by Gasteiger charge is -2.33. The van der Waals surface area contributed by atoms with E-state index in [1.807, 2.05) is 43.1 Å². The number of likely N-dealkylation sites (N-methyl/N-ethyl adjacent to an activating group) is 1. The molecule has 144 valence electrons. The van der Waals surface area contributed by atoms with Gasteiger partial charge in [0.15, 0.2) is 0 Å². The molecule has 0 bridgehead atoms. The summed E-state index contributed by atoms with van der Waals surface area (Å²) in [4.78, 5) is 20.5. The highest BCUT2D eigenvalue weighted by Gasteiger charge is 2.25. The van der Waals surface area contributed by atoms with Crippen LogP contribution in [0.3, 0.4) is 0 Å². The second kappa shape index (κ2) is 11.1. The Morgan fingerprint density at radius 2 is 2.15 bits per heavy atom. The van der Waals surface area contributed by atoms with Gasteiger partial charge in [0.1, 0.15) is 0 Å². The number of aryl methyl sites for hydroxylation is 1. The third-order valence-electron chi connectivity index (χ3n) is 4.28. The van der Waals surface area contributed by atoms with Crippen molar-refractivity contribution in [2.75, 3.05) is 20.1 Å². The molecular weight excluding hydrogens is 409 g/mol. The van der Waals surface area contributed by atoms with Crippen LogP contribution in [-0.4, -0.2) is 42.0 Å². The highest BCUT2D eigenvalue weighted by Crippen LogP contribution is 2.28. The van der Waals surface area contributed by atoms with E-state index in [-0.39, 0.29) is 30.7 Å². The van der Waals surface area contributed by atoms with E-state index in [0.717, 1.165) is 52.8 Å². The molecule has 1 aliphatic heterocycles. The molecular formula is C18H25Cl2N3OS2. The number of nitrogens with one attached hydrogen (secondary N) is 1. The Morgan fingerprint density at radius 3 is 2.85 bits per heavy atom. The number of carbonyl (C=O) groups is 1. The number of thioether (sulfide) groups is 1. The van der Waals surface area contributed by atoms with Crippen molar-refractivity contribution in [3.63, 3.8) is 0 Å². The Bertz CT molecular complexity index is 711. The highest BCUT2D eigenvalue weighted by atomic mass is 35.5. The van der Waals surface area contributed by atoms with Gasteiger partial charge in [-0.25, -0.2) is 4.98 Å². The van der Waals surface area contributed by atoms with Gasteiger partial charge in [-0.05, 0) is 38.9 Å². The summed E-state index contributed by atoms with van der Waals surface area (Å²) in [6.45, 7) is 3.66. The molecule has 0 aliphatic carbocycles. The highest BCUT2D eigenvalue weighted by molar-refractivity contribution is 7.98. The van der Waals surface area contributed by atoms with Crippen LogP contribution in [0.5, 0.6) is 0 Å². The van der Waals surface area contributed by atoms with Gasteiger partial charge >= 0.3 is 0 Å². The van der Waals surface area contributed by atoms with Gasteiger partial charge < -0.3 is 10.2 Å². The third-order valence-corrected chi connectivity index (χ3v) is 6.21. The fourth-order valence-electron chi connectivity index (χ4n) is 2.96. The summed E-state index contributed by atoms with van der Waals surface area (Å²) in [5, 5.41) is 6.47. The maximum Gasteiger partial charge on any atom is 0.255 e. The Hall–Kier alpha value is -0.790. The van der Waals surface area contributed by atoms with Gasteiger partial charge in [0.05, 0.1) is 16.3 Å². The normalized spacial score (nSPS) is 16.5. The number of nitrogens with zero attached hydrogens (tertiary/aromatic N) is 2. The SMILES string of the molecule is CNC1CCCN(C(=O)c2ccccc2SCc2csc(C)n2)C1.Cl.Cl. The summed E-state index contributed by atoms with van der Waals surface area (Å²) in [6, 6.07) is 8.33. The molecule has 2 heterocycles. The summed E-state index contributed by atoms with van der Waals surface area (Å²) in [5.74, 6) is 0.945. The van der Waals surface area contributed by atoms with E-state index in [1.165, 1.54) is 0 Å². The standard InChI is InChI=1S/C18H23N3OS2.2ClH/c1-13-20-15(11-23-13)12-24-17-8-4-3-7-16(17)18(22)21-9-5-6-14(10-21)19-2;;/h3-4,7-8,11,14,19H,5-6,9-10,12H2,1-2H3;2*1H. The number of carbonyl (C=O) groups excluding carboxylic acids is 1. The number of piperidine rings is 1. The zero-order valence-electron chi connectivity index (χ0n) is 14.9. The number of amides is 1. The number of halogens is 2. The van der Waals surface area contributed by atoms with E-state index in [4.69, 9.17) is 0 Å². The van der Waals surface area contributed by atoms with E-state index < -0.39 is 0 Å². The van der Waals surface area contributed by atoms with Gasteiger partial charge in [-0.15, -0.1) is 47.9 Å². The molecule has 1 saturated heterocycles. The molecule has 0 spiro atoms. The van der Waals surface area contributed by atoms with Crippen molar-refractivity contribution in [1.82, 2.24) is 15.2 Å². The number of aromatic nitrogens is 1. The molecule has 4 nitrogen and oxygen atoms in total. The van der Waals surface area contributed by atoms with E-state index in [1.54, 1.807) is 23.1 Å². The van der Waals surface area contributed by atoms with Gasteiger partial charge in [-0.2, -0.15) is 0 Å². The second-order valence-electron chi connectivity index (χ2n) is 6.02. The van der Waals surface area contributed by atoms with Crippen LogP contribution in [0.1, 0.15) is 33.9 Å².